The highest BCUT2D eigenvalue weighted by Gasteiger charge is 2.38. The van der Waals surface area contributed by atoms with E-state index in [0.717, 1.165) is 0 Å². The van der Waals surface area contributed by atoms with Crippen LogP contribution in [-0.2, 0) is 20.3 Å². The van der Waals surface area contributed by atoms with Crippen molar-refractivity contribution in [1.82, 2.24) is 5.32 Å². The molecule has 0 saturated carbocycles. The topological polar surface area (TPSA) is 81.4 Å². The lowest BCUT2D eigenvalue weighted by atomic mass is 9.99. The van der Waals surface area contributed by atoms with Crippen molar-refractivity contribution in [1.29, 1.82) is 0 Å². The average Bonchev–Trinajstić information content (AvgIpc) is 2.63. The van der Waals surface area contributed by atoms with Crippen molar-refractivity contribution in [2.75, 3.05) is 25.2 Å². The maximum absolute atomic E-state index is 11.8. The summed E-state index contributed by atoms with van der Waals surface area (Å²) in [5.41, 5.74) is 5.03. The fourth-order valence-corrected chi connectivity index (χ4v) is 2.23. The van der Waals surface area contributed by atoms with Gasteiger partial charge < -0.3 is 15.8 Å². The van der Waals surface area contributed by atoms with Crippen LogP contribution in [0.15, 0.2) is 0 Å². The van der Waals surface area contributed by atoms with Crippen LogP contribution in [0.5, 0.6) is 0 Å². The van der Waals surface area contributed by atoms with Crippen LogP contribution in [0.1, 0.15) is 19.8 Å². The molecule has 5 nitrogen and oxygen atoms in total. The van der Waals surface area contributed by atoms with E-state index in [1.165, 1.54) is 0 Å². The first-order valence-corrected chi connectivity index (χ1v) is 7.14. The molecule has 0 bridgehead atoms. The Morgan fingerprint density at radius 2 is 2.38 bits per heavy atom. The van der Waals surface area contributed by atoms with Gasteiger partial charge in [0.05, 0.1) is 6.61 Å². The molecule has 3 N–H and O–H groups in total. The molecule has 1 heterocycles. The van der Waals surface area contributed by atoms with Gasteiger partial charge in [-0.3, -0.25) is 9.00 Å². The minimum absolute atomic E-state index is 0.00238. The lowest BCUT2D eigenvalue weighted by molar-refractivity contribution is -0.127. The summed E-state index contributed by atoms with van der Waals surface area (Å²) in [7, 11) is -0.821. The van der Waals surface area contributed by atoms with E-state index in [-0.39, 0.29) is 18.6 Å². The molecule has 0 aromatic heterocycles. The minimum atomic E-state index is -0.875. The largest absolute Gasteiger partial charge is 0.379 e. The number of rotatable bonds is 5. The predicted molar refractivity (Wildman–Crippen MR) is 63.5 cm³/mol. The molecule has 94 valence electrons. The lowest BCUT2D eigenvalue weighted by Gasteiger charge is -2.23. The van der Waals surface area contributed by atoms with E-state index in [4.69, 9.17) is 10.5 Å². The van der Waals surface area contributed by atoms with Crippen molar-refractivity contribution in [2.24, 2.45) is 5.73 Å². The quantitative estimate of drug-likeness (QED) is 0.679. The average molecular weight is 248 g/mol. The second-order valence-corrected chi connectivity index (χ2v) is 5.95. The molecular weight excluding hydrogens is 228 g/mol. The molecule has 0 aromatic carbocycles. The zero-order chi connectivity index (χ0) is 12.2. The van der Waals surface area contributed by atoms with Crippen LogP contribution in [0, 0.1) is 0 Å². The first-order chi connectivity index (χ1) is 7.44. The van der Waals surface area contributed by atoms with Gasteiger partial charge in [0.15, 0.2) is 0 Å². The molecule has 0 aliphatic carbocycles. The number of ether oxygens (including phenoxy) is 1. The normalized spacial score (nSPS) is 28.7. The van der Waals surface area contributed by atoms with Gasteiger partial charge in [0.2, 0.25) is 5.91 Å². The molecule has 1 fully saturated rings. The predicted octanol–water partition coefficient (Wildman–Crippen LogP) is -0.622. The molecule has 3 atom stereocenters. The van der Waals surface area contributed by atoms with E-state index >= 15 is 0 Å². The number of hydrogen-bond donors (Lipinski definition) is 2. The molecule has 16 heavy (non-hydrogen) atoms. The smallest absolute Gasteiger partial charge is 0.242 e. The van der Waals surface area contributed by atoms with Gasteiger partial charge in [-0.15, -0.1) is 0 Å². The Hall–Kier alpha value is -0.460. The number of nitrogens with one attached hydrogen (secondary N) is 1. The van der Waals surface area contributed by atoms with Gasteiger partial charge in [0.1, 0.15) is 5.54 Å². The van der Waals surface area contributed by atoms with Gasteiger partial charge in [0.25, 0.3) is 0 Å². The first-order valence-electron chi connectivity index (χ1n) is 5.42. The first kappa shape index (κ1) is 13.6. The highest BCUT2D eigenvalue weighted by molar-refractivity contribution is 7.84. The Kier molecular flexibility index (Phi) is 4.89. The Labute approximate surface area is 98.6 Å². The van der Waals surface area contributed by atoms with Crippen LogP contribution in [0.25, 0.3) is 0 Å². The summed E-state index contributed by atoms with van der Waals surface area (Å²) in [6, 6.07) is -0.00238. The van der Waals surface area contributed by atoms with Gasteiger partial charge in [-0.2, -0.15) is 0 Å². The maximum Gasteiger partial charge on any atom is 0.242 e. The second-order valence-electron chi connectivity index (χ2n) is 4.40. The summed E-state index contributed by atoms with van der Waals surface area (Å²) in [5, 5.41) is 2.84. The summed E-state index contributed by atoms with van der Waals surface area (Å²) in [6.07, 6.45) is 2.92. The minimum Gasteiger partial charge on any atom is -0.379 e. The number of hydrogen-bond acceptors (Lipinski definition) is 4. The lowest BCUT2D eigenvalue weighted by Crippen LogP contribution is -2.56. The summed E-state index contributed by atoms with van der Waals surface area (Å²) in [4.78, 5) is 11.8. The summed E-state index contributed by atoms with van der Waals surface area (Å²) < 4.78 is 16.0. The van der Waals surface area contributed by atoms with Crippen molar-refractivity contribution in [2.45, 2.75) is 31.3 Å². The fourth-order valence-electron chi connectivity index (χ4n) is 1.54. The summed E-state index contributed by atoms with van der Waals surface area (Å²) in [5.74, 6) is 0.426. The Balaban J connectivity index is 2.35. The third-order valence-electron chi connectivity index (χ3n) is 2.72. The van der Waals surface area contributed by atoms with Gasteiger partial charge in [-0.25, -0.2) is 0 Å². The summed E-state index contributed by atoms with van der Waals surface area (Å²) >= 11 is 0. The highest BCUT2D eigenvalue weighted by Crippen LogP contribution is 2.15. The summed E-state index contributed by atoms with van der Waals surface area (Å²) in [6.45, 7) is 2.71. The van der Waals surface area contributed by atoms with Crippen molar-refractivity contribution < 1.29 is 13.7 Å². The van der Waals surface area contributed by atoms with E-state index in [0.29, 0.717) is 25.2 Å². The Morgan fingerprint density at radius 3 is 2.88 bits per heavy atom. The van der Waals surface area contributed by atoms with Crippen molar-refractivity contribution in [3.8, 4) is 0 Å². The molecule has 1 saturated heterocycles. The third kappa shape index (κ3) is 3.84. The maximum atomic E-state index is 11.8. The molecule has 1 amide bonds. The SMILES string of the molecule is CC(CCS(C)=O)NC(=O)C1(N)CCOC1. The van der Waals surface area contributed by atoms with Crippen LogP contribution in [0.4, 0.5) is 0 Å². The Bertz CT molecular complexity index is 277. The van der Waals surface area contributed by atoms with Crippen molar-refractivity contribution in [3.63, 3.8) is 0 Å². The molecule has 1 rings (SSSR count). The molecular formula is C10H20N2O3S. The zero-order valence-electron chi connectivity index (χ0n) is 9.82. The third-order valence-corrected chi connectivity index (χ3v) is 3.53. The van der Waals surface area contributed by atoms with E-state index in [9.17, 15) is 9.00 Å². The van der Waals surface area contributed by atoms with Gasteiger partial charge in [-0.05, 0) is 19.8 Å². The van der Waals surface area contributed by atoms with Crippen LogP contribution in [-0.4, -0.2) is 46.9 Å². The van der Waals surface area contributed by atoms with Crippen LogP contribution in [0.3, 0.4) is 0 Å². The highest BCUT2D eigenvalue weighted by atomic mass is 32.2. The van der Waals surface area contributed by atoms with E-state index < -0.39 is 16.3 Å². The second kappa shape index (κ2) is 5.75. The Morgan fingerprint density at radius 1 is 1.69 bits per heavy atom. The zero-order valence-corrected chi connectivity index (χ0v) is 10.6. The van der Waals surface area contributed by atoms with Gasteiger partial charge in [0, 0.05) is 35.5 Å². The standard InChI is InChI=1S/C10H20N2O3S/c1-8(3-6-16(2)14)12-9(13)10(11)4-5-15-7-10/h8H,3-7,11H2,1-2H3,(H,12,13). The molecule has 0 spiro atoms. The number of carbonyl (C=O) groups excluding carboxylic acids is 1. The van der Waals surface area contributed by atoms with Crippen molar-refractivity contribution >= 4 is 16.7 Å². The van der Waals surface area contributed by atoms with E-state index in [2.05, 4.69) is 5.32 Å². The van der Waals surface area contributed by atoms with Crippen LogP contribution in [0.2, 0.25) is 0 Å². The molecule has 1 aliphatic rings. The monoisotopic (exact) mass is 248 g/mol. The molecule has 0 aromatic rings. The number of carbonyl (C=O) groups is 1. The number of nitrogens with two attached hydrogens (primary N) is 1. The van der Waals surface area contributed by atoms with E-state index in [1.807, 2.05) is 6.92 Å². The van der Waals surface area contributed by atoms with Crippen LogP contribution < -0.4 is 11.1 Å². The molecule has 6 heteroatoms. The van der Waals surface area contributed by atoms with Gasteiger partial charge >= 0.3 is 0 Å². The van der Waals surface area contributed by atoms with Crippen LogP contribution >= 0.6 is 0 Å². The molecule has 0 radical (unpaired) electrons. The van der Waals surface area contributed by atoms with Crippen molar-refractivity contribution in [3.05, 3.63) is 0 Å². The van der Waals surface area contributed by atoms with E-state index in [1.54, 1.807) is 6.26 Å². The molecule has 1 aliphatic heterocycles. The van der Waals surface area contributed by atoms with Gasteiger partial charge in [-0.1, -0.05) is 0 Å². The fraction of sp³-hybridized carbons (Fsp3) is 0.900. The molecule has 3 unspecified atom stereocenters. The number of amides is 1.